The first kappa shape index (κ1) is 13.9. The van der Waals surface area contributed by atoms with E-state index in [9.17, 15) is 4.79 Å². The fourth-order valence-corrected chi connectivity index (χ4v) is 2.01. The topological polar surface area (TPSA) is 47.6 Å². The van der Waals surface area contributed by atoms with Gasteiger partial charge in [-0.15, -0.1) is 0 Å². The van der Waals surface area contributed by atoms with Crippen LogP contribution in [0.4, 0.5) is 0 Å². The second kappa shape index (κ2) is 6.06. The van der Waals surface area contributed by atoms with Gasteiger partial charge in [0.25, 0.3) is 0 Å². The van der Waals surface area contributed by atoms with E-state index in [0.717, 1.165) is 17.9 Å². The minimum absolute atomic E-state index is 0.261. The van der Waals surface area contributed by atoms with Crippen LogP contribution in [0.5, 0.6) is 5.75 Å². The van der Waals surface area contributed by atoms with Crippen molar-refractivity contribution in [3.05, 3.63) is 29.3 Å². The third kappa shape index (κ3) is 3.70. The van der Waals surface area contributed by atoms with Gasteiger partial charge in [0.1, 0.15) is 5.75 Å². The number of cyclic esters (lactones) is 1. The van der Waals surface area contributed by atoms with Gasteiger partial charge in [-0.1, -0.05) is 31.5 Å². The van der Waals surface area contributed by atoms with Gasteiger partial charge in [0.2, 0.25) is 0 Å². The Morgan fingerprint density at radius 3 is 2.89 bits per heavy atom. The summed E-state index contributed by atoms with van der Waals surface area (Å²) in [5.41, 5.74) is 2.26. The lowest BCUT2D eigenvalue weighted by molar-refractivity contribution is -0.143. The molecule has 1 atom stereocenters. The van der Waals surface area contributed by atoms with Gasteiger partial charge in [-0.25, -0.2) is 4.79 Å². The maximum atomic E-state index is 11.5. The van der Waals surface area contributed by atoms with Crippen LogP contribution in [0.25, 0.3) is 0 Å². The Morgan fingerprint density at radius 2 is 2.26 bits per heavy atom. The number of rotatable bonds is 5. The number of carbonyl (C=O) groups is 1. The highest BCUT2D eigenvalue weighted by Crippen LogP contribution is 2.24. The van der Waals surface area contributed by atoms with Crippen LogP contribution in [0.15, 0.2) is 18.2 Å². The van der Waals surface area contributed by atoms with Crippen molar-refractivity contribution < 1.29 is 14.3 Å². The van der Waals surface area contributed by atoms with Crippen LogP contribution in [-0.4, -0.2) is 24.7 Å². The van der Waals surface area contributed by atoms with Crippen LogP contribution in [0.1, 0.15) is 31.4 Å². The van der Waals surface area contributed by atoms with Gasteiger partial charge in [0.15, 0.2) is 6.10 Å². The summed E-state index contributed by atoms with van der Waals surface area (Å²) in [5, 5.41) is 3.37. The Balaban J connectivity index is 2.11. The number of nitrogens with one attached hydrogen (secondary N) is 1. The fraction of sp³-hybridized carbons (Fsp3) is 0.533. The van der Waals surface area contributed by atoms with Gasteiger partial charge in [-0.2, -0.15) is 0 Å². The lowest BCUT2D eigenvalue weighted by Gasteiger charge is -2.16. The highest BCUT2D eigenvalue weighted by atomic mass is 16.6. The summed E-state index contributed by atoms with van der Waals surface area (Å²) in [6.07, 6.45) is 0.171. The van der Waals surface area contributed by atoms with Crippen molar-refractivity contribution in [2.45, 2.75) is 45.9 Å². The Kier molecular flexibility index (Phi) is 4.43. The Morgan fingerprint density at radius 1 is 1.47 bits per heavy atom. The Hall–Kier alpha value is -1.55. The average molecular weight is 263 g/mol. The van der Waals surface area contributed by atoms with Gasteiger partial charge in [-0.05, 0) is 13.0 Å². The molecule has 0 saturated carbocycles. The predicted octanol–water partition coefficient (Wildman–Crippen LogP) is 2.19. The molecule has 104 valence electrons. The number of benzene rings is 1. The van der Waals surface area contributed by atoms with E-state index in [1.54, 1.807) is 0 Å². The van der Waals surface area contributed by atoms with Gasteiger partial charge in [-0.3, -0.25) is 0 Å². The van der Waals surface area contributed by atoms with Crippen LogP contribution >= 0.6 is 0 Å². The highest BCUT2D eigenvalue weighted by molar-refractivity contribution is 5.76. The van der Waals surface area contributed by atoms with Crippen LogP contribution in [0.3, 0.4) is 0 Å². The molecule has 1 aromatic rings. The average Bonchev–Trinajstić information content (AvgIpc) is 2.75. The normalized spacial score (nSPS) is 18.7. The van der Waals surface area contributed by atoms with E-state index in [-0.39, 0.29) is 5.97 Å². The summed E-state index contributed by atoms with van der Waals surface area (Å²) in [7, 11) is 0. The molecule has 1 heterocycles. The number of carbonyl (C=O) groups excluding carboxylic acids is 1. The quantitative estimate of drug-likeness (QED) is 0.827. The number of aryl methyl sites for hydroxylation is 1. The van der Waals surface area contributed by atoms with E-state index in [1.807, 2.05) is 19.1 Å². The number of esters is 1. The zero-order valence-corrected chi connectivity index (χ0v) is 11.7. The van der Waals surface area contributed by atoms with Gasteiger partial charge >= 0.3 is 5.97 Å². The van der Waals surface area contributed by atoms with Crippen LogP contribution in [0, 0.1) is 6.92 Å². The first-order valence-corrected chi connectivity index (χ1v) is 6.72. The Labute approximate surface area is 114 Å². The molecule has 1 N–H and O–H groups in total. The lowest BCUT2D eigenvalue weighted by atomic mass is 10.1. The molecule has 0 aromatic heterocycles. The van der Waals surface area contributed by atoms with Crippen molar-refractivity contribution in [2.24, 2.45) is 0 Å². The fourth-order valence-electron chi connectivity index (χ4n) is 2.01. The molecular weight excluding hydrogens is 242 g/mol. The van der Waals surface area contributed by atoms with Crippen molar-refractivity contribution >= 4 is 5.97 Å². The lowest BCUT2D eigenvalue weighted by Crippen LogP contribution is -2.25. The molecule has 0 spiro atoms. The summed E-state index contributed by atoms with van der Waals surface area (Å²) in [6.45, 7) is 7.44. The van der Waals surface area contributed by atoms with Crippen molar-refractivity contribution in [3.63, 3.8) is 0 Å². The molecule has 0 radical (unpaired) electrons. The van der Waals surface area contributed by atoms with E-state index in [2.05, 4.69) is 25.2 Å². The largest absolute Gasteiger partial charge is 0.478 e. The molecule has 1 fully saturated rings. The van der Waals surface area contributed by atoms with E-state index in [4.69, 9.17) is 9.47 Å². The van der Waals surface area contributed by atoms with E-state index in [1.165, 1.54) is 5.56 Å². The van der Waals surface area contributed by atoms with E-state index >= 15 is 0 Å². The zero-order valence-electron chi connectivity index (χ0n) is 11.7. The van der Waals surface area contributed by atoms with Gasteiger partial charge in [0, 0.05) is 24.6 Å². The standard InChI is InChI=1S/C15H21NO3/c1-10(2)16-9-12-8-11(3)4-5-13(12)19-14-6-7-18-15(14)17/h4-5,8,10,14,16H,6-7,9H2,1-3H3. The minimum Gasteiger partial charge on any atom is -0.478 e. The molecule has 1 saturated heterocycles. The molecule has 19 heavy (non-hydrogen) atoms. The molecule has 0 bridgehead atoms. The molecule has 2 rings (SSSR count). The SMILES string of the molecule is Cc1ccc(OC2CCOC2=O)c(CNC(C)C)c1. The first-order chi connectivity index (χ1) is 9.06. The summed E-state index contributed by atoms with van der Waals surface area (Å²) < 4.78 is 10.7. The molecule has 1 unspecified atom stereocenters. The van der Waals surface area contributed by atoms with Gasteiger partial charge in [0.05, 0.1) is 6.61 Å². The number of hydrogen-bond acceptors (Lipinski definition) is 4. The summed E-state index contributed by atoms with van der Waals surface area (Å²) in [4.78, 5) is 11.5. The van der Waals surface area contributed by atoms with Crippen molar-refractivity contribution in [1.29, 1.82) is 0 Å². The van der Waals surface area contributed by atoms with Crippen molar-refractivity contribution in [3.8, 4) is 5.75 Å². The third-order valence-electron chi connectivity index (χ3n) is 3.07. The number of ether oxygens (including phenoxy) is 2. The summed E-state index contributed by atoms with van der Waals surface area (Å²) in [5.74, 6) is 0.506. The summed E-state index contributed by atoms with van der Waals surface area (Å²) >= 11 is 0. The monoisotopic (exact) mass is 263 g/mol. The summed E-state index contributed by atoms with van der Waals surface area (Å²) in [6, 6.07) is 6.42. The van der Waals surface area contributed by atoms with Crippen LogP contribution in [-0.2, 0) is 16.1 Å². The molecule has 4 nitrogen and oxygen atoms in total. The molecule has 4 heteroatoms. The predicted molar refractivity (Wildman–Crippen MR) is 73.1 cm³/mol. The second-order valence-electron chi connectivity index (χ2n) is 5.21. The molecule has 1 aliphatic rings. The first-order valence-electron chi connectivity index (χ1n) is 6.72. The van der Waals surface area contributed by atoms with Crippen molar-refractivity contribution in [1.82, 2.24) is 5.32 Å². The maximum absolute atomic E-state index is 11.5. The zero-order chi connectivity index (χ0) is 13.8. The van der Waals surface area contributed by atoms with Gasteiger partial charge < -0.3 is 14.8 Å². The van der Waals surface area contributed by atoms with E-state index < -0.39 is 6.10 Å². The van der Waals surface area contributed by atoms with E-state index in [0.29, 0.717) is 19.1 Å². The second-order valence-corrected chi connectivity index (χ2v) is 5.21. The van der Waals surface area contributed by atoms with Crippen molar-refractivity contribution in [2.75, 3.05) is 6.61 Å². The highest BCUT2D eigenvalue weighted by Gasteiger charge is 2.28. The molecule has 1 aromatic carbocycles. The molecular formula is C15H21NO3. The Bertz CT molecular complexity index is 457. The smallest absolute Gasteiger partial charge is 0.347 e. The van der Waals surface area contributed by atoms with Crippen LogP contribution < -0.4 is 10.1 Å². The maximum Gasteiger partial charge on any atom is 0.347 e. The third-order valence-corrected chi connectivity index (χ3v) is 3.07. The molecule has 0 amide bonds. The minimum atomic E-state index is -0.458. The number of hydrogen-bond donors (Lipinski definition) is 1. The van der Waals surface area contributed by atoms with Crippen LogP contribution in [0.2, 0.25) is 0 Å². The molecule has 0 aliphatic carbocycles. The molecule has 1 aliphatic heterocycles.